The number of aliphatic hydroxyl groups is 1. The van der Waals surface area contributed by atoms with Gasteiger partial charge in [0.1, 0.15) is 5.82 Å². The summed E-state index contributed by atoms with van der Waals surface area (Å²) < 4.78 is 7.39. The SMILES string of the molecule is CC1CC(O)(Cc2nccn2C)CCO1. The standard InChI is InChI=1S/C11H18N2O2/c1-9-7-11(14,3-6-15-9)8-10-12-4-5-13(10)2/h4-5,9,14H,3,6-8H2,1-2H3. The maximum atomic E-state index is 10.4. The molecule has 0 aliphatic carbocycles. The van der Waals surface area contributed by atoms with E-state index in [2.05, 4.69) is 4.98 Å². The van der Waals surface area contributed by atoms with Gasteiger partial charge >= 0.3 is 0 Å². The highest BCUT2D eigenvalue weighted by molar-refractivity contribution is 4.99. The first-order valence-corrected chi connectivity index (χ1v) is 5.39. The third kappa shape index (κ3) is 2.38. The van der Waals surface area contributed by atoms with E-state index in [1.54, 1.807) is 6.20 Å². The first-order valence-electron chi connectivity index (χ1n) is 5.39. The number of hydrogen-bond donors (Lipinski definition) is 1. The predicted molar refractivity (Wildman–Crippen MR) is 56.5 cm³/mol. The molecule has 0 radical (unpaired) electrons. The largest absolute Gasteiger partial charge is 0.389 e. The number of nitrogens with zero attached hydrogens (tertiary/aromatic N) is 2. The zero-order valence-corrected chi connectivity index (χ0v) is 9.31. The average molecular weight is 210 g/mol. The molecule has 2 unspecified atom stereocenters. The van der Waals surface area contributed by atoms with Crippen LogP contribution in [0.1, 0.15) is 25.6 Å². The van der Waals surface area contributed by atoms with E-state index in [1.807, 2.05) is 24.7 Å². The molecule has 2 heterocycles. The molecule has 0 spiro atoms. The summed E-state index contributed by atoms with van der Waals surface area (Å²) in [6.45, 7) is 2.64. The Labute approximate surface area is 89.9 Å². The summed E-state index contributed by atoms with van der Waals surface area (Å²) in [5, 5.41) is 10.4. The van der Waals surface area contributed by atoms with Gasteiger partial charge in [-0.25, -0.2) is 4.98 Å². The lowest BCUT2D eigenvalue weighted by molar-refractivity contribution is -0.0971. The Morgan fingerprint density at radius 3 is 3.13 bits per heavy atom. The van der Waals surface area contributed by atoms with E-state index < -0.39 is 5.60 Å². The fourth-order valence-electron chi connectivity index (χ4n) is 2.17. The number of ether oxygens (including phenoxy) is 1. The number of hydrogen-bond acceptors (Lipinski definition) is 3. The first-order chi connectivity index (χ1) is 7.09. The molecular weight excluding hydrogens is 192 g/mol. The number of aromatic nitrogens is 2. The van der Waals surface area contributed by atoms with Crippen molar-refractivity contribution >= 4 is 0 Å². The van der Waals surface area contributed by atoms with E-state index in [1.165, 1.54) is 0 Å². The monoisotopic (exact) mass is 210 g/mol. The summed E-state index contributed by atoms with van der Waals surface area (Å²) >= 11 is 0. The van der Waals surface area contributed by atoms with Crippen molar-refractivity contribution in [1.29, 1.82) is 0 Å². The van der Waals surface area contributed by atoms with Crippen LogP contribution in [0.4, 0.5) is 0 Å². The minimum absolute atomic E-state index is 0.143. The van der Waals surface area contributed by atoms with E-state index in [0.717, 1.165) is 5.82 Å². The number of aryl methyl sites for hydroxylation is 1. The Morgan fingerprint density at radius 2 is 2.53 bits per heavy atom. The molecule has 15 heavy (non-hydrogen) atoms. The topological polar surface area (TPSA) is 47.3 Å². The molecule has 2 rings (SSSR count). The Morgan fingerprint density at radius 1 is 1.73 bits per heavy atom. The smallest absolute Gasteiger partial charge is 0.111 e. The Bertz CT molecular complexity index is 337. The molecule has 1 N–H and O–H groups in total. The summed E-state index contributed by atoms with van der Waals surface area (Å²) in [6, 6.07) is 0. The molecule has 1 saturated heterocycles. The molecule has 1 aliphatic heterocycles. The fourth-order valence-corrected chi connectivity index (χ4v) is 2.17. The van der Waals surface area contributed by atoms with Crippen molar-refractivity contribution in [2.45, 2.75) is 37.9 Å². The molecule has 1 aliphatic rings. The molecule has 0 aromatic carbocycles. The predicted octanol–water partition coefficient (Wildman–Crippen LogP) is 0.893. The summed E-state index contributed by atoms with van der Waals surface area (Å²) in [5.41, 5.74) is -0.642. The highest BCUT2D eigenvalue weighted by Crippen LogP contribution is 2.27. The van der Waals surface area contributed by atoms with Crippen LogP contribution in [-0.2, 0) is 18.2 Å². The van der Waals surface area contributed by atoms with Crippen molar-refractivity contribution in [1.82, 2.24) is 9.55 Å². The van der Waals surface area contributed by atoms with Gasteiger partial charge in [0.25, 0.3) is 0 Å². The van der Waals surface area contributed by atoms with Crippen LogP contribution in [0, 0.1) is 0 Å². The lowest BCUT2D eigenvalue weighted by Gasteiger charge is -2.35. The highest BCUT2D eigenvalue weighted by Gasteiger charge is 2.34. The van der Waals surface area contributed by atoms with E-state index in [4.69, 9.17) is 4.74 Å². The van der Waals surface area contributed by atoms with Crippen molar-refractivity contribution in [3.8, 4) is 0 Å². The molecule has 0 saturated carbocycles. The van der Waals surface area contributed by atoms with Crippen LogP contribution in [0.5, 0.6) is 0 Å². The second-order valence-corrected chi connectivity index (χ2v) is 4.49. The van der Waals surface area contributed by atoms with Crippen molar-refractivity contribution in [3.05, 3.63) is 18.2 Å². The maximum absolute atomic E-state index is 10.4. The Balaban J connectivity index is 2.07. The van der Waals surface area contributed by atoms with Crippen molar-refractivity contribution in [2.75, 3.05) is 6.61 Å². The van der Waals surface area contributed by atoms with E-state index in [9.17, 15) is 5.11 Å². The maximum Gasteiger partial charge on any atom is 0.111 e. The second kappa shape index (κ2) is 3.94. The van der Waals surface area contributed by atoms with Crippen LogP contribution < -0.4 is 0 Å². The average Bonchev–Trinajstić information content (AvgIpc) is 2.50. The molecule has 4 heteroatoms. The van der Waals surface area contributed by atoms with Crippen LogP contribution >= 0.6 is 0 Å². The van der Waals surface area contributed by atoms with Crippen molar-refractivity contribution in [2.24, 2.45) is 7.05 Å². The lowest BCUT2D eigenvalue weighted by atomic mass is 9.87. The van der Waals surface area contributed by atoms with Gasteiger partial charge in [0.15, 0.2) is 0 Å². The normalized spacial score (nSPS) is 31.8. The van der Waals surface area contributed by atoms with E-state index in [-0.39, 0.29) is 6.10 Å². The fraction of sp³-hybridized carbons (Fsp3) is 0.727. The summed E-state index contributed by atoms with van der Waals surface area (Å²) in [5.74, 6) is 0.937. The van der Waals surface area contributed by atoms with Crippen molar-refractivity contribution < 1.29 is 9.84 Å². The van der Waals surface area contributed by atoms with Crippen LogP contribution in [0.3, 0.4) is 0 Å². The molecule has 1 aromatic heterocycles. The van der Waals surface area contributed by atoms with Gasteiger partial charge in [-0.15, -0.1) is 0 Å². The summed E-state index contributed by atoms with van der Waals surface area (Å²) in [4.78, 5) is 4.24. The lowest BCUT2D eigenvalue weighted by Crippen LogP contribution is -2.42. The molecule has 2 atom stereocenters. The van der Waals surface area contributed by atoms with Gasteiger partial charge in [-0.3, -0.25) is 0 Å². The zero-order valence-electron chi connectivity index (χ0n) is 9.31. The number of imidazole rings is 1. The minimum atomic E-state index is -0.642. The molecule has 0 amide bonds. The Kier molecular flexibility index (Phi) is 2.80. The molecule has 84 valence electrons. The summed E-state index contributed by atoms with van der Waals surface area (Å²) in [7, 11) is 1.95. The molecule has 1 aromatic rings. The van der Waals surface area contributed by atoms with Crippen molar-refractivity contribution in [3.63, 3.8) is 0 Å². The zero-order chi connectivity index (χ0) is 10.9. The van der Waals surface area contributed by atoms with Gasteiger partial charge in [-0.1, -0.05) is 0 Å². The van der Waals surface area contributed by atoms with Gasteiger partial charge in [0.2, 0.25) is 0 Å². The van der Waals surface area contributed by atoms with Gasteiger partial charge in [-0.05, 0) is 6.92 Å². The third-order valence-corrected chi connectivity index (χ3v) is 3.05. The third-order valence-electron chi connectivity index (χ3n) is 3.05. The molecule has 1 fully saturated rings. The van der Waals surface area contributed by atoms with Crippen LogP contribution in [-0.4, -0.2) is 33.0 Å². The summed E-state index contributed by atoms with van der Waals surface area (Å²) in [6.07, 6.45) is 5.82. The van der Waals surface area contributed by atoms with Crippen LogP contribution in [0.2, 0.25) is 0 Å². The highest BCUT2D eigenvalue weighted by atomic mass is 16.5. The first kappa shape index (κ1) is 10.6. The van der Waals surface area contributed by atoms with Gasteiger partial charge in [0, 0.05) is 45.3 Å². The van der Waals surface area contributed by atoms with Gasteiger partial charge < -0.3 is 14.4 Å². The molecule has 0 bridgehead atoms. The molecule has 4 nitrogen and oxygen atoms in total. The number of rotatable bonds is 2. The van der Waals surface area contributed by atoms with Gasteiger partial charge in [0.05, 0.1) is 11.7 Å². The van der Waals surface area contributed by atoms with E-state index in [0.29, 0.717) is 25.9 Å². The molecular formula is C11H18N2O2. The quantitative estimate of drug-likeness (QED) is 0.788. The second-order valence-electron chi connectivity index (χ2n) is 4.49. The van der Waals surface area contributed by atoms with Crippen LogP contribution in [0.15, 0.2) is 12.4 Å². The van der Waals surface area contributed by atoms with E-state index >= 15 is 0 Å². The minimum Gasteiger partial charge on any atom is -0.389 e. The Hall–Kier alpha value is -0.870. The van der Waals surface area contributed by atoms with Gasteiger partial charge in [-0.2, -0.15) is 0 Å². The van der Waals surface area contributed by atoms with Crippen LogP contribution in [0.25, 0.3) is 0 Å².